The minimum Gasteiger partial charge on any atom is -0.478 e. The third-order valence-electron chi connectivity index (χ3n) is 0.896. The van der Waals surface area contributed by atoms with Crippen molar-refractivity contribution in [2.24, 2.45) is 0 Å². The minimum atomic E-state index is -1.42. The standard InChI is InChI=1S/C6H6N2O2/c7-5-3-8-2-1-4(5)6(9)10/h1-3H,7H2,(H,9,10)/i1D,2D,3D. The van der Waals surface area contributed by atoms with Gasteiger partial charge in [0, 0.05) is 6.17 Å². The summed E-state index contributed by atoms with van der Waals surface area (Å²) in [4.78, 5) is 13.8. The normalized spacial score (nSPS) is 13.4. The van der Waals surface area contributed by atoms with Crippen LogP contribution < -0.4 is 5.73 Å². The predicted molar refractivity (Wildman–Crippen MR) is 35.6 cm³/mol. The zero-order valence-electron chi connectivity index (χ0n) is 7.88. The zero-order valence-corrected chi connectivity index (χ0v) is 4.88. The number of hydrogen-bond acceptors (Lipinski definition) is 3. The van der Waals surface area contributed by atoms with Crippen molar-refractivity contribution in [1.82, 2.24) is 4.98 Å². The van der Waals surface area contributed by atoms with Gasteiger partial charge in [-0.05, 0) is 6.04 Å². The lowest BCUT2D eigenvalue weighted by Gasteiger charge is -1.95. The van der Waals surface area contributed by atoms with E-state index in [4.69, 9.17) is 15.0 Å². The molecule has 1 heterocycles. The van der Waals surface area contributed by atoms with Gasteiger partial charge >= 0.3 is 5.97 Å². The molecule has 1 aromatic heterocycles. The first-order valence-electron chi connectivity index (χ1n) is 3.91. The van der Waals surface area contributed by atoms with E-state index in [1.54, 1.807) is 0 Å². The van der Waals surface area contributed by atoms with E-state index in [-0.39, 0.29) is 5.69 Å². The fraction of sp³-hybridized carbons (Fsp3) is 0. The van der Waals surface area contributed by atoms with Gasteiger partial charge in [0.25, 0.3) is 0 Å². The Hall–Kier alpha value is -1.58. The van der Waals surface area contributed by atoms with E-state index in [0.717, 1.165) is 0 Å². The molecule has 0 aliphatic carbocycles. The molecule has 0 aromatic carbocycles. The summed E-state index contributed by atoms with van der Waals surface area (Å²) in [5.41, 5.74) is 4.30. The molecular weight excluding hydrogens is 132 g/mol. The van der Waals surface area contributed by atoms with Gasteiger partial charge in [-0.3, -0.25) is 4.98 Å². The molecule has 0 fully saturated rings. The van der Waals surface area contributed by atoms with Crippen LogP contribution in [0.1, 0.15) is 14.5 Å². The fourth-order valence-corrected chi connectivity index (χ4v) is 0.464. The number of carboxylic acid groups (broad SMARTS) is 1. The molecule has 0 unspecified atom stereocenters. The lowest BCUT2D eigenvalue weighted by molar-refractivity contribution is 0.0698. The van der Waals surface area contributed by atoms with Gasteiger partial charge in [0.05, 0.1) is 21.5 Å². The number of nitrogens with zero attached hydrogens (tertiary/aromatic N) is 1. The number of carboxylic acids is 1. The molecule has 3 N–H and O–H groups in total. The van der Waals surface area contributed by atoms with Crippen LogP contribution >= 0.6 is 0 Å². The molecule has 0 aliphatic heterocycles. The van der Waals surface area contributed by atoms with Crippen molar-refractivity contribution < 1.29 is 14.0 Å². The number of anilines is 1. The van der Waals surface area contributed by atoms with Crippen LogP contribution in [0.3, 0.4) is 0 Å². The lowest BCUT2D eigenvalue weighted by Crippen LogP contribution is -2.01. The Bertz CT molecular complexity index is 354. The summed E-state index contributed by atoms with van der Waals surface area (Å²) < 4.78 is 21.3. The van der Waals surface area contributed by atoms with Gasteiger partial charge in [-0.15, -0.1) is 0 Å². The monoisotopic (exact) mass is 141 g/mol. The molecule has 1 aromatic rings. The van der Waals surface area contributed by atoms with Crippen molar-refractivity contribution in [3.8, 4) is 0 Å². The first-order chi connectivity index (χ1) is 5.95. The van der Waals surface area contributed by atoms with Crippen LogP contribution in [0, 0.1) is 0 Å². The Balaban J connectivity index is 3.56. The maximum atomic E-state index is 10.6. The van der Waals surface area contributed by atoms with Crippen LogP contribution in [0.5, 0.6) is 0 Å². The number of nitrogen functional groups attached to an aromatic ring is 1. The van der Waals surface area contributed by atoms with Gasteiger partial charge in [-0.1, -0.05) is 0 Å². The van der Waals surface area contributed by atoms with Gasteiger partial charge in [-0.25, -0.2) is 4.79 Å². The van der Waals surface area contributed by atoms with Crippen molar-refractivity contribution in [2.45, 2.75) is 0 Å². The Morgan fingerprint density at radius 1 is 1.90 bits per heavy atom. The van der Waals surface area contributed by atoms with Gasteiger partial charge in [0.15, 0.2) is 0 Å². The van der Waals surface area contributed by atoms with E-state index < -0.39 is 29.9 Å². The summed E-state index contributed by atoms with van der Waals surface area (Å²) >= 11 is 0. The molecule has 0 atom stereocenters. The number of carbonyl (C=O) groups is 1. The molecule has 0 bridgehead atoms. The van der Waals surface area contributed by atoms with E-state index in [9.17, 15) is 4.79 Å². The second kappa shape index (κ2) is 2.34. The first kappa shape index (κ1) is 3.55. The summed E-state index contributed by atoms with van der Waals surface area (Å²) in [6.07, 6.45) is -1.05. The highest BCUT2D eigenvalue weighted by Gasteiger charge is 2.04. The molecule has 0 radical (unpaired) electrons. The minimum absolute atomic E-state index is 0.381. The molecular formula is C6H6N2O2. The van der Waals surface area contributed by atoms with Gasteiger partial charge in [0.2, 0.25) is 0 Å². The first-order valence-corrected chi connectivity index (χ1v) is 2.41. The van der Waals surface area contributed by atoms with E-state index >= 15 is 0 Å². The Labute approximate surface area is 61.5 Å². The number of rotatable bonds is 1. The van der Waals surface area contributed by atoms with Crippen molar-refractivity contribution in [2.75, 3.05) is 5.73 Å². The molecule has 0 saturated carbocycles. The van der Waals surface area contributed by atoms with Crippen LogP contribution in [0.25, 0.3) is 0 Å². The number of aromatic carboxylic acids is 1. The maximum absolute atomic E-state index is 10.6. The predicted octanol–water partition coefficient (Wildman–Crippen LogP) is 0.362. The SMILES string of the molecule is [2H]c1nc([2H])c(N)c(C(=O)O)c1[2H]. The van der Waals surface area contributed by atoms with Gasteiger partial charge < -0.3 is 10.8 Å². The van der Waals surface area contributed by atoms with Crippen LogP contribution in [0.4, 0.5) is 5.69 Å². The van der Waals surface area contributed by atoms with Crippen molar-refractivity contribution in [3.05, 3.63) is 24.0 Å². The zero-order chi connectivity index (χ0) is 10.2. The molecule has 10 heavy (non-hydrogen) atoms. The van der Waals surface area contributed by atoms with Crippen LogP contribution in [-0.4, -0.2) is 16.1 Å². The Morgan fingerprint density at radius 2 is 2.60 bits per heavy atom. The largest absolute Gasteiger partial charge is 0.478 e. The van der Waals surface area contributed by atoms with Crippen molar-refractivity contribution >= 4 is 11.7 Å². The Kier molecular flexibility index (Phi) is 0.834. The maximum Gasteiger partial charge on any atom is 0.337 e. The molecule has 52 valence electrons. The number of nitrogens with two attached hydrogens (primary N) is 1. The quantitative estimate of drug-likeness (QED) is 0.592. The van der Waals surface area contributed by atoms with Crippen LogP contribution in [0.15, 0.2) is 18.4 Å². The third kappa shape index (κ3) is 1.05. The number of hydrogen-bond donors (Lipinski definition) is 2. The topological polar surface area (TPSA) is 76.2 Å². The van der Waals surface area contributed by atoms with Crippen molar-refractivity contribution in [1.29, 1.82) is 0 Å². The van der Waals surface area contributed by atoms with E-state index in [1.165, 1.54) is 0 Å². The van der Waals surface area contributed by atoms with Crippen LogP contribution in [0.2, 0.25) is 0 Å². The highest BCUT2D eigenvalue weighted by molar-refractivity contribution is 5.93. The number of aromatic nitrogens is 1. The van der Waals surface area contributed by atoms with E-state index in [2.05, 4.69) is 4.98 Å². The van der Waals surface area contributed by atoms with Gasteiger partial charge in [0.1, 0.15) is 0 Å². The second-order valence-corrected chi connectivity index (χ2v) is 1.55. The van der Waals surface area contributed by atoms with Gasteiger partial charge in [-0.2, -0.15) is 0 Å². The third-order valence-corrected chi connectivity index (χ3v) is 0.896. The Morgan fingerprint density at radius 3 is 3.20 bits per heavy atom. The summed E-state index contributed by atoms with van der Waals surface area (Å²) in [7, 11) is 0. The summed E-state index contributed by atoms with van der Waals surface area (Å²) in [6, 6.07) is -0.569. The van der Waals surface area contributed by atoms with E-state index in [1.807, 2.05) is 0 Å². The summed E-state index contributed by atoms with van der Waals surface area (Å²) in [5, 5.41) is 8.60. The molecule has 4 heteroatoms. The van der Waals surface area contributed by atoms with Crippen LogP contribution in [-0.2, 0) is 0 Å². The number of pyridine rings is 1. The molecule has 1 rings (SSSR count). The average molecular weight is 141 g/mol. The fourth-order valence-electron chi connectivity index (χ4n) is 0.464. The summed E-state index contributed by atoms with van der Waals surface area (Å²) in [6.45, 7) is 0. The molecule has 0 amide bonds. The molecule has 0 spiro atoms. The second-order valence-electron chi connectivity index (χ2n) is 1.55. The molecule has 4 nitrogen and oxygen atoms in total. The van der Waals surface area contributed by atoms with E-state index in [0.29, 0.717) is 0 Å². The average Bonchev–Trinajstić information content (AvgIpc) is 2.01. The highest BCUT2D eigenvalue weighted by Crippen LogP contribution is 2.06. The molecule has 0 aliphatic rings. The lowest BCUT2D eigenvalue weighted by atomic mass is 10.2. The van der Waals surface area contributed by atoms with Crippen molar-refractivity contribution in [3.63, 3.8) is 0 Å². The summed E-state index contributed by atoms with van der Waals surface area (Å²) in [5.74, 6) is -1.42. The highest BCUT2D eigenvalue weighted by atomic mass is 16.4. The smallest absolute Gasteiger partial charge is 0.337 e. The molecule has 0 saturated heterocycles.